The molecule has 0 bridgehead atoms. The van der Waals surface area contributed by atoms with Gasteiger partial charge in [-0.1, -0.05) is 12.8 Å². The average molecular weight is 410 g/mol. The first-order chi connectivity index (χ1) is 14.0. The van der Waals surface area contributed by atoms with Crippen molar-refractivity contribution in [1.29, 1.82) is 0 Å². The number of ether oxygens (including phenoxy) is 1. The van der Waals surface area contributed by atoms with Crippen molar-refractivity contribution in [2.45, 2.75) is 52.5 Å². The van der Waals surface area contributed by atoms with Crippen molar-refractivity contribution >= 4 is 35.0 Å². The summed E-state index contributed by atoms with van der Waals surface area (Å²) < 4.78 is 7.91. The number of amides is 1. The number of aromatic nitrogens is 1. The van der Waals surface area contributed by atoms with Crippen LogP contribution in [-0.2, 0) is 4.79 Å². The number of hydrogen-bond donors (Lipinski definition) is 1. The van der Waals surface area contributed by atoms with Crippen LogP contribution in [0, 0.1) is 13.8 Å². The lowest BCUT2D eigenvalue weighted by molar-refractivity contribution is -0.113. The second-order valence-corrected chi connectivity index (χ2v) is 8.08. The van der Waals surface area contributed by atoms with Crippen molar-refractivity contribution < 1.29 is 9.53 Å². The lowest BCUT2D eigenvalue weighted by atomic mass is 10.2. The van der Waals surface area contributed by atoms with Gasteiger partial charge in [-0.15, -0.1) is 0 Å². The Hall–Kier alpha value is -2.60. The third kappa shape index (κ3) is 3.69. The monoisotopic (exact) mass is 409 g/mol. The molecular formula is C23H27N3O2S. The number of anilines is 1. The van der Waals surface area contributed by atoms with Crippen molar-refractivity contribution in [3.63, 3.8) is 0 Å². The van der Waals surface area contributed by atoms with E-state index in [2.05, 4.69) is 29.8 Å². The Morgan fingerprint density at radius 3 is 2.55 bits per heavy atom. The molecule has 2 fully saturated rings. The Balaban J connectivity index is 1.60. The first-order valence-electron chi connectivity index (χ1n) is 10.3. The minimum absolute atomic E-state index is 0.134. The highest BCUT2D eigenvalue weighted by Gasteiger charge is 2.32. The van der Waals surface area contributed by atoms with Crippen LogP contribution in [0.2, 0.25) is 0 Å². The highest BCUT2D eigenvalue weighted by atomic mass is 32.1. The topological polar surface area (TPSA) is 46.5 Å². The Kier molecular flexibility index (Phi) is 5.46. The van der Waals surface area contributed by atoms with E-state index in [1.807, 2.05) is 37.3 Å². The molecule has 4 rings (SSSR count). The van der Waals surface area contributed by atoms with Gasteiger partial charge >= 0.3 is 0 Å². The molecule has 1 aromatic carbocycles. The summed E-state index contributed by atoms with van der Waals surface area (Å²) in [4.78, 5) is 14.6. The van der Waals surface area contributed by atoms with Crippen molar-refractivity contribution in [3.05, 3.63) is 53.0 Å². The molecule has 0 atom stereocenters. The van der Waals surface area contributed by atoms with Crippen LogP contribution in [0.1, 0.15) is 55.6 Å². The van der Waals surface area contributed by atoms with Crippen LogP contribution >= 0.6 is 12.2 Å². The lowest BCUT2D eigenvalue weighted by Crippen LogP contribution is -2.30. The molecule has 0 radical (unpaired) electrons. The molecule has 0 spiro atoms. The molecule has 1 saturated heterocycles. The Labute approximate surface area is 177 Å². The molecule has 1 amide bonds. The summed E-state index contributed by atoms with van der Waals surface area (Å²) >= 11 is 5.44. The van der Waals surface area contributed by atoms with Gasteiger partial charge in [0.25, 0.3) is 5.91 Å². The predicted octanol–water partition coefficient (Wildman–Crippen LogP) is 4.88. The van der Waals surface area contributed by atoms with Crippen LogP contribution in [0.25, 0.3) is 6.08 Å². The molecule has 1 aliphatic heterocycles. The largest absolute Gasteiger partial charge is 0.494 e. The maximum Gasteiger partial charge on any atom is 0.281 e. The SMILES string of the molecule is CCOc1ccc(N2C(=O)C(=Cc3cc(C)n(C4CCCC4)c3C)NC2=S)cc1. The molecule has 5 nitrogen and oxygen atoms in total. The van der Waals surface area contributed by atoms with Gasteiger partial charge in [0.1, 0.15) is 11.4 Å². The molecule has 1 aromatic heterocycles. The number of nitrogens with one attached hydrogen (secondary N) is 1. The van der Waals surface area contributed by atoms with E-state index in [9.17, 15) is 4.79 Å². The molecule has 2 aliphatic rings. The van der Waals surface area contributed by atoms with Crippen LogP contribution in [0.15, 0.2) is 36.0 Å². The van der Waals surface area contributed by atoms with Gasteiger partial charge in [0, 0.05) is 17.4 Å². The maximum atomic E-state index is 13.1. The average Bonchev–Trinajstić information content (AvgIpc) is 3.37. The van der Waals surface area contributed by atoms with E-state index in [-0.39, 0.29) is 5.91 Å². The second-order valence-electron chi connectivity index (χ2n) is 7.69. The van der Waals surface area contributed by atoms with E-state index in [1.54, 1.807) is 0 Å². The fourth-order valence-corrected chi connectivity index (χ4v) is 4.75. The van der Waals surface area contributed by atoms with E-state index < -0.39 is 0 Å². The van der Waals surface area contributed by atoms with Crippen LogP contribution in [-0.4, -0.2) is 22.2 Å². The number of benzene rings is 1. The minimum atomic E-state index is -0.134. The number of aryl methyl sites for hydroxylation is 1. The number of carbonyl (C=O) groups excluding carboxylic acids is 1. The van der Waals surface area contributed by atoms with Gasteiger partial charge in [0.05, 0.1) is 12.3 Å². The smallest absolute Gasteiger partial charge is 0.281 e. The Bertz CT molecular complexity index is 969. The number of carbonyl (C=O) groups is 1. The van der Waals surface area contributed by atoms with Gasteiger partial charge in [-0.05, 0) is 87.8 Å². The zero-order valence-corrected chi connectivity index (χ0v) is 18.0. The van der Waals surface area contributed by atoms with Crippen LogP contribution in [0.4, 0.5) is 5.69 Å². The van der Waals surface area contributed by atoms with Gasteiger partial charge in [0.15, 0.2) is 5.11 Å². The minimum Gasteiger partial charge on any atom is -0.494 e. The molecule has 1 aliphatic carbocycles. The maximum absolute atomic E-state index is 13.1. The molecule has 29 heavy (non-hydrogen) atoms. The Morgan fingerprint density at radius 2 is 1.90 bits per heavy atom. The summed E-state index contributed by atoms with van der Waals surface area (Å²) in [5.41, 5.74) is 4.77. The summed E-state index contributed by atoms with van der Waals surface area (Å²) in [5, 5.41) is 3.49. The molecule has 0 unspecified atom stereocenters. The van der Waals surface area contributed by atoms with E-state index in [0.717, 1.165) is 17.0 Å². The molecule has 6 heteroatoms. The highest BCUT2D eigenvalue weighted by molar-refractivity contribution is 7.80. The molecule has 2 heterocycles. The molecule has 1 saturated carbocycles. The Morgan fingerprint density at radius 1 is 1.21 bits per heavy atom. The number of hydrogen-bond acceptors (Lipinski definition) is 3. The first kappa shape index (κ1) is 19.7. The fourth-order valence-electron chi connectivity index (χ4n) is 4.46. The van der Waals surface area contributed by atoms with E-state index in [1.165, 1.54) is 42.0 Å². The van der Waals surface area contributed by atoms with Gasteiger partial charge in [0.2, 0.25) is 0 Å². The van der Waals surface area contributed by atoms with Gasteiger partial charge in [-0.2, -0.15) is 0 Å². The van der Waals surface area contributed by atoms with Crippen LogP contribution < -0.4 is 15.0 Å². The standard InChI is InChI=1S/C23H27N3O2S/c1-4-28-20-11-9-19(10-12-20)26-22(27)21(24-23(26)29)14-17-13-15(2)25(16(17)3)18-7-5-6-8-18/h9-14,18H,4-8H2,1-3H3,(H,24,29). The molecule has 152 valence electrons. The molecule has 2 aromatic rings. The van der Waals surface area contributed by atoms with E-state index >= 15 is 0 Å². The fraction of sp³-hybridized carbons (Fsp3) is 0.391. The van der Waals surface area contributed by atoms with Crippen molar-refractivity contribution in [2.75, 3.05) is 11.5 Å². The van der Waals surface area contributed by atoms with E-state index in [4.69, 9.17) is 17.0 Å². The van der Waals surface area contributed by atoms with Crippen LogP contribution in [0.5, 0.6) is 5.75 Å². The highest BCUT2D eigenvalue weighted by Crippen LogP contribution is 2.34. The summed E-state index contributed by atoms with van der Waals surface area (Å²) in [5.74, 6) is 0.640. The first-order valence-corrected chi connectivity index (χ1v) is 10.7. The number of nitrogens with zero attached hydrogens (tertiary/aromatic N) is 2. The number of thiocarbonyl (C=S) groups is 1. The zero-order valence-electron chi connectivity index (χ0n) is 17.2. The number of rotatable bonds is 5. The van der Waals surface area contributed by atoms with Crippen molar-refractivity contribution in [3.8, 4) is 5.75 Å². The van der Waals surface area contributed by atoms with E-state index in [0.29, 0.717) is 23.5 Å². The lowest BCUT2D eigenvalue weighted by Gasteiger charge is -2.17. The normalized spacial score (nSPS) is 18.7. The van der Waals surface area contributed by atoms with Crippen molar-refractivity contribution in [1.82, 2.24) is 9.88 Å². The zero-order chi connectivity index (χ0) is 20.5. The quantitative estimate of drug-likeness (QED) is 0.565. The van der Waals surface area contributed by atoms with Gasteiger partial charge in [-0.3, -0.25) is 9.69 Å². The summed E-state index contributed by atoms with van der Waals surface area (Å²) in [7, 11) is 0. The van der Waals surface area contributed by atoms with Crippen molar-refractivity contribution in [2.24, 2.45) is 0 Å². The predicted molar refractivity (Wildman–Crippen MR) is 120 cm³/mol. The molecular weight excluding hydrogens is 382 g/mol. The third-order valence-electron chi connectivity index (χ3n) is 5.80. The second kappa shape index (κ2) is 8.03. The summed E-state index contributed by atoms with van der Waals surface area (Å²) in [6, 6.07) is 10.2. The van der Waals surface area contributed by atoms with Crippen LogP contribution in [0.3, 0.4) is 0 Å². The molecule has 1 N–H and O–H groups in total. The summed E-state index contributed by atoms with van der Waals surface area (Å²) in [6.45, 7) is 6.83. The van der Waals surface area contributed by atoms with Gasteiger partial charge in [-0.25, -0.2) is 0 Å². The van der Waals surface area contributed by atoms with Gasteiger partial charge < -0.3 is 14.6 Å². The summed E-state index contributed by atoms with van der Waals surface area (Å²) in [6.07, 6.45) is 6.99. The third-order valence-corrected chi connectivity index (χ3v) is 6.08.